The lowest BCUT2D eigenvalue weighted by molar-refractivity contribution is 0.177. The topological polar surface area (TPSA) is 8.17 Å². The van der Waals surface area contributed by atoms with Crippen LogP contribution >= 0.6 is 0 Å². The van der Waals surface area contributed by atoms with Gasteiger partial charge in [0.2, 0.25) is 0 Å². The second kappa shape index (κ2) is 6.10. The van der Waals surface area contributed by atoms with Gasteiger partial charge in [-0.2, -0.15) is 0 Å². The van der Waals surface area contributed by atoms with Crippen LogP contribution in [0.2, 0.25) is 0 Å². The van der Waals surface area contributed by atoms with Gasteiger partial charge in [0, 0.05) is 41.6 Å². The minimum Gasteiger partial charge on any atom is -0.344 e. The Kier molecular flexibility index (Phi) is 3.93. The van der Waals surface area contributed by atoms with E-state index >= 15 is 0 Å². The summed E-state index contributed by atoms with van der Waals surface area (Å²) >= 11 is 0. The highest BCUT2D eigenvalue weighted by Gasteiger charge is 2.31. The molecule has 0 unspecified atom stereocenters. The molecule has 0 spiro atoms. The Labute approximate surface area is 144 Å². The van der Waals surface area contributed by atoms with E-state index in [0.717, 1.165) is 19.4 Å². The molecule has 0 N–H and O–H groups in total. The molecule has 2 heteroatoms. The number of benzene rings is 2. The van der Waals surface area contributed by atoms with Crippen molar-refractivity contribution in [3.8, 4) is 0 Å². The molecule has 2 heterocycles. The van der Waals surface area contributed by atoms with E-state index < -0.39 is 0 Å². The van der Waals surface area contributed by atoms with Crippen molar-refractivity contribution in [2.45, 2.75) is 45.3 Å². The molecule has 0 aliphatic carbocycles. The molecule has 2 nitrogen and oxygen atoms in total. The van der Waals surface area contributed by atoms with Crippen LogP contribution in [0.25, 0.3) is 10.9 Å². The third-order valence-electron chi connectivity index (χ3n) is 5.80. The van der Waals surface area contributed by atoms with Crippen LogP contribution < -0.4 is 0 Å². The molecule has 1 aromatic heterocycles. The fourth-order valence-electron chi connectivity index (χ4n) is 4.22. The molecule has 2 aromatic carbocycles. The van der Waals surface area contributed by atoms with Gasteiger partial charge in [-0.3, -0.25) is 4.90 Å². The summed E-state index contributed by atoms with van der Waals surface area (Å²) in [6.07, 6.45) is 2.23. The van der Waals surface area contributed by atoms with E-state index in [2.05, 4.69) is 85.0 Å². The first kappa shape index (κ1) is 15.5. The largest absolute Gasteiger partial charge is 0.344 e. The zero-order valence-corrected chi connectivity index (χ0v) is 14.9. The predicted octanol–water partition coefficient (Wildman–Crippen LogP) is 4.82. The van der Waals surface area contributed by atoms with Crippen LogP contribution in [0, 0.1) is 0 Å². The number of rotatable bonds is 3. The Morgan fingerprint density at radius 3 is 2.46 bits per heavy atom. The molecule has 0 saturated heterocycles. The summed E-state index contributed by atoms with van der Waals surface area (Å²) in [6, 6.07) is 20.8. The predicted molar refractivity (Wildman–Crippen MR) is 101 cm³/mol. The lowest BCUT2D eigenvalue weighted by Crippen LogP contribution is -2.38. The number of para-hydroxylation sites is 1. The van der Waals surface area contributed by atoms with Crippen LogP contribution in [0.5, 0.6) is 0 Å². The van der Waals surface area contributed by atoms with E-state index in [1.807, 2.05) is 0 Å². The number of nitrogens with zero attached hydrogens (tertiary/aromatic N) is 2. The van der Waals surface area contributed by atoms with Crippen LogP contribution in [0.3, 0.4) is 0 Å². The molecule has 0 saturated carbocycles. The Morgan fingerprint density at radius 1 is 0.958 bits per heavy atom. The van der Waals surface area contributed by atoms with Crippen LogP contribution in [0.15, 0.2) is 54.6 Å². The molecule has 1 aliphatic rings. The van der Waals surface area contributed by atoms with Crippen molar-refractivity contribution in [2.24, 2.45) is 0 Å². The zero-order valence-electron chi connectivity index (χ0n) is 14.9. The second-order valence-electron chi connectivity index (χ2n) is 7.16. The number of fused-ring (bicyclic) bond motifs is 3. The molecule has 124 valence electrons. The molecule has 24 heavy (non-hydrogen) atoms. The zero-order chi connectivity index (χ0) is 16.7. The summed E-state index contributed by atoms with van der Waals surface area (Å²) in [5.74, 6) is 0. The summed E-state index contributed by atoms with van der Waals surface area (Å²) in [4.78, 5) is 2.51. The van der Waals surface area contributed by atoms with Gasteiger partial charge in [-0.05, 0) is 44.5 Å². The minimum absolute atomic E-state index is 0.478. The molecule has 0 amide bonds. The van der Waals surface area contributed by atoms with Crippen molar-refractivity contribution in [1.82, 2.24) is 9.47 Å². The third kappa shape index (κ3) is 2.46. The molecule has 3 aromatic rings. The molecule has 0 bridgehead atoms. The standard InChI is InChI=1S/C22H26N2/c1-16-15-21-22(17(2)23(16)3)19-11-7-8-12-20(19)24(21)14-13-18-9-5-4-6-10-18/h4-12,16-17H,13-15H2,1-3H3/t16-,17+/m0/s1. The maximum absolute atomic E-state index is 2.58. The lowest BCUT2D eigenvalue weighted by atomic mass is 9.93. The lowest BCUT2D eigenvalue weighted by Gasteiger charge is -2.36. The Balaban J connectivity index is 1.79. The minimum atomic E-state index is 0.478. The fraction of sp³-hybridized carbons (Fsp3) is 0.364. The van der Waals surface area contributed by atoms with Crippen molar-refractivity contribution in [3.05, 3.63) is 71.4 Å². The SMILES string of the molecule is C[C@@H]1c2c(n(CCc3ccccc3)c3ccccc23)C[C@H](C)N1C. The van der Waals surface area contributed by atoms with E-state index in [4.69, 9.17) is 0 Å². The maximum Gasteiger partial charge on any atom is 0.0486 e. The van der Waals surface area contributed by atoms with Gasteiger partial charge in [0.15, 0.2) is 0 Å². The van der Waals surface area contributed by atoms with Gasteiger partial charge >= 0.3 is 0 Å². The molecule has 1 aliphatic heterocycles. The van der Waals surface area contributed by atoms with Crippen molar-refractivity contribution in [1.29, 1.82) is 0 Å². The first-order chi connectivity index (χ1) is 11.7. The molecule has 4 rings (SSSR count). The highest BCUT2D eigenvalue weighted by molar-refractivity contribution is 5.86. The molecular weight excluding hydrogens is 292 g/mol. The van der Waals surface area contributed by atoms with Gasteiger partial charge in [-0.15, -0.1) is 0 Å². The highest BCUT2D eigenvalue weighted by atomic mass is 15.2. The summed E-state index contributed by atoms with van der Waals surface area (Å²) in [5, 5.41) is 1.44. The summed E-state index contributed by atoms with van der Waals surface area (Å²) < 4.78 is 2.58. The third-order valence-corrected chi connectivity index (χ3v) is 5.80. The fourth-order valence-corrected chi connectivity index (χ4v) is 4.22. The Morgan fingerprint density at radius 2 is 1.67 bits per heavy atom. The smallest absolute Gasteiger partial charge is 0.0486 e. The number of aromatic nitrogens is 1. The van der Waals surface area contributed by atoms with Gasteiger partial charge in [-0.1, -0.05) is 48.5 Å². The van der Waals surface area contributed by atoms with E-state index in [9.17, 15) is 0 Å². The van der Waals surface area contributed by atoms with Gasteiger partial charge in [0.25, 0.3) is 0 Å². The van der Waals surface area contributed by atoms with Crippen molar-refractivity contribution >= 4 is 10.9 Å². The monoisotopic (exact) mass is 318 g/mol. The van der Waals surface area contributed by atoms with E-state index in [0.29, 0.717) is 12.1 Å². The van der Waals surface area contributed by atoms with Crippen molar-refractivity contribution in [2.75, 3.05) is 7.05 Å². The summed E-state index contributed by atoms with van der Waals surface area (Å²) in [6.45, 7) is 5.75. The maximum atomic E-state index is 2.58. The number of aryl methyl sites for hydroxylation is 2. The van der Waals surface area contributed by atoms with E-state index in [1.54, 1.807) is 11.3 Å². The number of hydrogen-bond acceptors (Lipinski definition) is 1. The molecular formula is C22H26N2. The van der Waals surface area contributed by atoms with Crippen LogP contribution in [-0.4, -0.2) is 22.6 Å². The van der Waals surface area contributed by atoms with Crippen LogP contribution in [0.4, 0.5) is 0 Å². The number of likely N-dealkylation sites (N-methyl/N-ethyl adjacent to an activating group) is 1. The average Bonchev–Trinajstić information content (AvgIpc) is 2.92. The molecule has 0 fully saturated rings. The normalized spacial score (nSPS) is 21.1. The van der Waals surface area contributed by atoms with Crippen LogP contribution in [0.1, 0.15) is 36.7 Å². The summed E-state index contributed by atoms with van der Waals surface area (Å²) in [7, 11) is 2.26. The van der Waals surface area contributed by atoms with Crippen LogP contribution in [-0.2, 0) is 19.4 Å². The van der Waals surface area contributed by atoms with Gasteiger partial charge in [0.1, 0.15) is 0 Å². The number of hydrogen-bond donors (Lipinski definition) is 0. The van der Waals surface area contributed by atoms with E-state index in [1.165, 1.54) is 16.5 Å². The Hall–Kier alpha value is -2.06. The van der Waals surface area contributed by atoms with Crippen molar-refractivity contribution in [3.63, 3.8) is 0 Å². The average molecular weight is 318 g/mol. The summed E-state index contributed by atoms with van der Waals surface area (Å²) in [5.41, 5.74) is 5.90. The first-order valence-corrected chi connectivity index (χ1v) is 9.02. The van der Waals surface area contributed by atoms with E-state index in [-0.39, 0.29) is 0 Å². The molecule has 0 radical (unpaired) electrons. The van der Waals surface area contributed by atoms with Gasteiger partial charge in [-0.25, -0.2) is 0 Å². The van der Waals surface area contributed by atoms with Gasteiger partial charge < -0.3 is 4.57 Å². The first-order valence-electron chi connectivity index (χ1n) is 9.02. The quantitative estimate of drug-likeness (QED) is 0.672. The molecule has 2 atom stereocenters. The highest BCUT2D eigenvalue weighted by Crippen LogP contribution is 2.39. The van der Waals surface area contributed by atoms with Crippen molar-refractivity contribution < 1.29 is 0 Å². The van der Waals surface area contributed by atoms with Gasteiger partial charge in [0.05, 0.1) is 0 Å². The second-order valence-corrected chi connectivity index (χ2v) is 7.16. The Bertz CT molecular complexity index is 847.